The van der Waals surface area contributed by atoms with Crippen LogP contribution in [0.5, 0.6) is 0 Å². The van der Waals surface area contributed by atoms with E-state index in [1.807, 2.05) is 67.4 Å². The molecule has 7 heteroatoms. The number of rotatable bonds is 10. The van der Waals surface area contributed by atoms with Crippen molar-refractivity contribution in [3.8, 4) is 11.1 Å². The van der Waals surface area contributed by atoms with E-state index in [1.165, 1.54) is 13.0 Å². The van der Waals surface area contributed by atoms with Crippen molar-refractivity contribution in [3.63, 3.8) is 0 Å². The molecule has 3 N–H and O–H groups in total. The van der Waals surface area contributed by atoms with Gasteiger partial charge in [-0.1, -0.05) is 54.1 Å². The molecule has 0 saturated carbocycles. The Morgan fingerprint density at radius 3 is 2.55 bits per heavy atom. The van der Waals surface area contributed by atoms with E-state index in [0.29, 0.717) is 61.2 Å². The predicted molar refractivity (Wildman–Crippen MR) is 156 cm³/mol. The number of hydrogen-bond acceptors (Lipinski definition) is 4. The van der Waals surface area contributed by atoms with Crippen LogP contribution in [0.1, 0.15) is 59.7 Å². The molecule has 0 bridgehead atoms. The standard InChI is InChI=1S/C33H40FN3O3/c1-23-8-4-9-27(20-23)31-29(11-5-12-30(31)34)33(40,17-7-18-36-24(2)38)28-10-6-19-37(22-28)32(39)26-15-13-25(14-16-26)21-35-3/h4-5,8-9,11-16,20,28,35,40H,6-7,10,17-19,21-22H2,1-3H3,(H,36,38). The fourth-order valence-corrected chi connectivity index (χ4v) is 5.86. The molecule has 1 fully saturated rings. The topological polar surface area (TPSA) is 81.7 Å². The highest BCUT2D eigenvalue weighted by atomic mass is 19.1. The second-order valence-corrected chi connectivity index (χ2v) is 10.9. The molecule has 40 heavy (non-hydrogen) atoms. The number of aliphatic hydroxyl groups is 1. The number of nitrogens with zero attached hydrogens (tertiary/aromatic N) is 1. The highest BCUT2D eigenvalue weighted by Gasteiger charge is 2.43. The van der Waals surface area contributed by atoms with Crippen LogP contribution in [0.25, 0.3) is 11.1 Å². The van der Waals surface area contributed by atoms with Gasteiger partial charge in [-0.25, -0.2) is 4.39 Å². The van der Waals surface area contributed by atoms with Crippen molar-refractivity contribution in [2.24, 2.45) is 5.92 Å². The summed E-state index contributed by atoms with van der Waals surface area (Å²) in [5.41, 5.74) is 2.91. The monoisotopic (exact) mass is 545 g/mol. The molecule has 0 radical (unpaired) electrons. The Morgan fingerprint density at radius 2 is 1.85 bits per heavy atom. The van der Waals surface area contributed by atoms with E-state index < -0.39 is 11.4 Å². The number of hydrogen-bond donors (Lipinski definition) is 3. The number of aryl methyl sites for hydroxylation is 1. The Balaban J connectivity index is 1.68. The summed E-state index contributed by atoms with van der Waals surface area (Å²) < 4.78 is 15.5. The van der Waals surface area contributed by atoms with Gasteiger partial charge in [0.1, 0.15) is 5.82 Å². The summed E-state index contributed by atoms with van der Waals surface area (Å²) in [7, 11) is 1.88. The lowest BCUT2D eigenvalue weighted by atomic mass is 9.72. The SMILES string of the molecule is CNCc1ccc(C(=O)N2CCCC(C(O)(CCCNC(C)=O)c3cccc(F)c3-c3cccc(C)c3)C2)cc1. The van der Waals surface area contributed by atoms with Crippen molar-refractivity contribution in [1.29, 1.82) is 0 Å². The average Bonchev–Trinajstić information content (AvgIpc) is 2.95. The number of carbonyl (C=O) groups excluding carboxylic acids is 2. The molecular formula is C33H40FN3O3. The zero-order chi connectivity index (χ0) is 28.7. The van der Waals surface area contributed by atoms with Crippen LogP contribution in [0.2, 0.25) is 0 Å². The third kappa shape index (κ3) is 6.77. The van der Waals surface area contributed by atoms with Crippen molar-refractivity contribution in [2.45, 2.75) is 51.7 Å². The molecule has 4 rings (SSSR count). The lowest BCUT2D eigenvalue weighted by Crippen LogP contribution is -2.48. The Hall–Kier alpha value is -3.55. The maximum Gasteiger partial charge on any atom is 0.253 e. The van der Waals surface area contributed by atoms with Crippen molar-refractivity contribution in [2.75, 3.05) is 26.7 Å². The van der Waals surface area contributed by atoms with E-state index in [1.54, 1.807) is 12.1 Å². The van der Waals surface area contributed by atoms with Crippen molar-refractivity contribution >= 4 is 11.8 Å². The predicted octanol–water partition coefficient (Wildman–Crippen LogP) is 5.18. The van der Waals surface area contributed by atoms with Gasteiger partial charge in [-0.15, -0.1) is 0 Å². The van der Waals surface area contributed by atoms with E-state index >= 15 is 4.39 Å². The first-order valence-corrected chi connectivity index (χ1v) is 14.1. The molecule has 2 atom stereocenters. The molecule has 1 heterocycles. The fraction of sp³-hybridized carbons (Fsp3) is 0.394. The largest absolute Gasteiger partial charge is 0.385 e. The van der Waals surface area contributed by atoms with Crippen LogP contribution in [0, 0.1) is 18.7 Å². The van der Waals surface area contributed by atoms with E-state index in [-0.39, 0.29) is 17.7 Å². The number of nitrogens with one attached hydrogen (secondary N) is 2. The zero-order valence-electron chi connectivity index (χ0n) is 23.7. The molecule has 3 aromatic carbocycles. The smallest absolute Gasteiger partial charge is 0.253 e. The number of piperidine rings is 1. The van der Waals surface area contributed by atoms with Gasteiger partial charge in [0.15, 0.2) is 0 Å². The summed E-state index contributed by atoms with van der Waals surface area (Å²) in [6.45, 7) is 5.51. The molecule has 1 saturated heterocycles. The minimum absolute atomic E-state index is 0.0700. The molecular weight excluding hydrogens is 505 g/mol. The van der Waals surface area contributed by atoms with Crippen LogP contribution in [0.4, 0.5) is 4.39 Å². The van der Waals surface area contributed by atoms with Crippen molar-refractivity contribution in [3.05, 3.63) is 94.8 Å². The third-order valence-electron chi connectivity index (χ3n) is 7.86. The van der Waals surface area contributed by atoms with E-state index in [2.05, 4.69) is 10.6 Å². The number of amides is 2. The second kappa shape index (κ2) is 13.2. The first-order valence-electron chi connectivity index (χ1n) is 14.1. The van der Waals surface area contributed by atoms with Crippen molar-refractivity contribution in [1.82, 2.24) is 15.5 Å². The summed E-state index contributed by atoms with van der Waals surface area (Å²) in [5, 5.41) is 18.5. The first-order chi connectivity index (χ1) is 19.2. The van der Waals surface area contributed by atoms with E-state index in [9.17, 15) is 14.7 Å². The molecule has 3 aromatic rings. The average molecular weight is 546 g/mol. The van der Waals surface area contributed by atoms with Gasteiger partial charge >= 0.3 is 0 Å². The Morgan fingerprint density at radius 1 is 1.10 bits per heavy atom. The lowest BCUT2D eigenvalue weighted by molar-refractivity contribution is -0.119. The highest BCUT2D eigenvalue weighted by Crippen LogP contribution is 2.44. The Labute approximate surface area is 236 Å². The molecule has 212 valence electrons. The highest BCUT2D eigenvalue weighted by molar-refractivity contribution is 5.94. The Bertz CT molecular complexity index is 1330. The van der Waals surface area contributed by atoms with Crippen LogP contribution >= 0.6 is 0 Å². The molecule has 0 aromatic heterocycles. The molecule has 0 aliphatic carbocycles. The first kappa shape index (κ1) is 29.4. The maximum absolute atomic E-state index is 15.5. The van der Waals surface area contributed by atoms with Gasteiger partial charge in [0.25, 0.3) is 5.91 Å². The number of carbonyl (C=O) groups is 2. The van der Waals surface area contributed by atoms with Crippen LogP contribution in [-0.4, -0.2) is 48.5 Å². The van der Waals surface area contributed by atoms with Gasteiger partial charge in [0, 0.05) is 50.1 Å². The van der Waals surface area contributed by atoms with Gasteiger partial charge in [-0.3, -0.25) is 9.59 Å². The van der Waals surface area contributed by atoms with Crippen molar-refractivity contribution < 1.29 is 19.1 Å². The molecule has 2 amide bonds. The van der Waals surface area contributed by atoms with Gasteiger partial charge in [0.2, 0.25) is 5.91 Å². The molecule has 6 nitrogen and oxygen atoms in total. The minimum Gasteiger partial charge on any atom is -0.385 e. The van der Waals surface area contributed by atoms with Gasteiger partial charge in [0.05, 0.1) is 5.60 Å². The van der Waals surface area contributed by atoms with Crippen LogP contribution in [0.15, 0.2) is 66.7 Å². The number of halogens is 1. The summed E-state index contributed by atoms with van der Waals surface area (Å²) >= 11 is 0. The maximum atomic E-state index is 15.5. The molecule has 1 aliphatic heterocycles. The number of likely N-dealkylation sites (tertiary alicyclic amines) is 1. The molecule has 2 unspecified atom stereocenters. The van der Waals surface area contributed by atoms with E-state index in [4.69, 9.17) is 0 Å². The molecule has 1 aliphatic rings. The summed E-state index contributed by atoms with van der Waals surface area (Å²) in [5.74, 6) is -0.908. The Kier molecular flexibility index (Phi) is 9.71. The van der Waals surface area contributed by atoms with Crippen LogP contribution in [-0.2, 0) is 16.9 Å². The molecule has 0 spiro atoms. The van der Waals surface area contributed by atoms with Gasteiger partial charge < -0.3 is 20.6 Å². The minimum atomic E-state index is -1.41. The second-order valence-electron chi connectivity index (χ2n) is 10.9. The van der Waals surface area contributed by atoms with Gasteiger partial charge in [-0.2, -0.15) is 0 Å². The quantitative estimate of drug-likeness (QED) is 0.307. The normalized spacial score (nSPS) is 16.8. The summed E-state index contributed by atoms with van der Waals surface area (Å²) in [6.07, 6.45) is 2.26. The van der Waals surface area contributed by atoms with Gasteiger partial charge in [-0.05, 0) is 74.5 Å². The fourth-order valence-electron chi connectivity index (χ4n) is 5.86. The third-order valence-corrected chi connectivity index (χ3v) is 7.86. The number of benzene rings is 3. The summed E-state index contributed by atoms with van der Waals surface area (Å²) in [4.78, 5) is 26.8. The van der Waals surface area contributed by atoms with Crippen LogP contribution in [0.3, 0.4) is 0 Å². The lowest BCUT2D eigenvalue weighted by Gasteiger charge is -2.43. The zero-order valence-corrected chi connectivity index (χ0v) is 23.7. The summed E-state index contributed by atoms with van der Waals surface area (Å²) in [6, 6.07) is 20.1. The van der Waals surface area contributed by atoms with Crippen LogP contribution < -0.4 is 10.6 Å². The van der Waals surface area contributed by atoms with E-state index in [0.717, 1.165) is 24.1 Å².